The number of aliphatic carboxylic acids is 1. The van der Waals surface area contributed by atoms with Crippen LogP contribution in [0, 0.1) is 5.92 Å². The molecule has 0 fully saturated rings. The summed E-state index contributed by atoms with van der Waals surface area (Å²) in [6, 6.07) is -4.57. The van der Waals surface area contributed by atoms with E-state index in [1.54, 1.807) is 13.8 Å². The number of carboxylic acids is 1. The van der Waals surface area contributed by atoms with E-state index < -0.39 is 54.0 Å². The lowest BCUT2D eigenvalue weighted by molar-refractivity contribution is -0.144. The van der Waals surface area contributed by atoms with Gasteiger partial charge in [-0.1, -0.05) is 20.3 Å². The Labute approximate surface area is 210 Å². The van der Waals surface area contributed by atoms with Gasteiger partial charge in [-0.05, 0) is 44.1 Å². The number of amides is 3. The minimum absolute atomic E-state index is 0.116. The first-order chi connectivity index (χ1) is 16.3. The van der Waals surface area contributed by atoms with E-state index in [2.05, 4.69) is 20.9 Å². The Hall–Kier alpha value is -2.58. The number of carboxylic acid groups (broad SMARTS) is 1. The fourth-order valence-corrected chi connectivity index (χ4v) is 3.50. The van der Waals surface area contributed by atoms with E-state index >= 15 is 0 Å². The van der Waals surface area contributed by atoms with Gasteiger partial charge in [-0.25, -0.2) is 4.79 Å². The highest BCUT2D eigenvalue weighted by Gasteiger charge is 2.33. The molecule has 0 saturated carbocycles. The molecule has 6 atom stereocenters. The Morgan fingerprint density at radius 2 is 1.57 bits per heavy atom. The van der Waals surface area contributed by atoms with Gasteiger partial charge in [0.15, 0.2) is 5.96 Å². The third-order valence-electron chi connectivity index (χ3n) is 5.39. The average molecular weight is 520 g/mol. The fraction of sp³-hybridized carbons (Fsp3) is 0.762. The molecule has 0 rings (SSSR count). The molecule has 0 saturated heterocycles. The van der Waals surface area contributed by atoms with Gasteiger partial charge in [0, 0.05) is 6.54 Å². The number of aliphatic hydroxyl groups excluding tert-OH is 1. The third-order valence-corrected chi connectivity index (χ3v) is 6.03. The second kappa shape index (κ2) is 16.9. The van der Waals surface area contributed by atoms with E-state index in [4.69, 9.17) is 17.2 Å². The zero-order valence-electron chi connectivity index (χ0n) is 20.8. The van der Waals surface area contributed by atoms with Gasteiger partial charge >= 0.3 is 5.97 Å². The van der Waals surface area contributed by atoms with Gasteiger partial charge in [0.2, 0.25) is 17.7 Å². The van der Waals surface area contributed by atoms with Gasteiger partial charge in [0.05, 0.1) is 12.1 Å². The molecule has 0 aromatic carbocycles. The fourth-order valence-electron chi connectivity index (χ4n) is 3.01. The number of nitrogens with two attached hydrogens (primary N) is 3. The summed E-state index contributed by atoms with van der Waals surface area (Å²) in [6.07, 6.45) is 1.89. The number of carbonyl (C=O) groups is 4. The predicted molar refractivity (Wildman–Crippen MR) is 135 cm³/mol. The van der Waals surface area contributed by atoms with Crippen molar-refractivity contribution in [1.29, 1.82) is 0 Å². The molecule has 14 heteroatoms. The van der Waals surface area contributed by atoms with Gasteiger partial charge in [-0.3, -0.25) is 19.4 Å². The standard InChI is InChI=1S/C21H41N7O6S/c1-5-11(2)15(20(33)34)27-19(32)16(12(3)29)28-18(31)14(7-6-9-25-21(23)24)26-17(30)13(22)8-10-35-4/h11-16,29H,5-10,22H2,1-4H3,(H,26,30)(H,27,32)(H,28,31)(H,33,34)(H4,23,24,25). The van der Waals surface area contributed by atoms with Crippen LogP contribution >= 0.6 is 11.8 Å². The van der Waals surface area contributed by atoms with E-state index in [1.807, 2.05) is 6.26 Å². The van der Waals surface area contributed by atoms with Gasteiger partial charge < -0.3 is 43.4 Å². The van der Waals surface area contributed by atoms with Crippen molar-refractivity contribution in [3.63, 3.8) is 0 Å². The van der Waals surface area contributed by atoms with Gasteiger partial charge in [0.25, 0.3) is 0 Å². The number of nitrogens with one attached hydrogen (secondary N) is 3. The van der Waals surface area contributed by atoms with E-state index in [0.29, 0.717) is 25.0 Å². The lowest BCUT2D eigenvalue weighted by Crippen LogP contribution is -2.60. The molecule has 3 amide bonds. The van der Waals surface area contributed by atoms with Crippen LogP contribution in [0.3, 0.4) is 0 Å². The molecule has 0 bridgehead atoms. The van der Waals surface area contributed by atoms with E-state index in [9.17, 15) is 29.4 Å². The number of thioether (sulfide) groups is 1. The molecule has 0 aromatic rings. The SMILES string of the molecule is CCC(C)C(NC(=O)C(NC(=O)C(CCCN=C(N)N)NC(=O)C(N)CCSC)C(C)O)C(=O)O. The molecule has 0 spiro atoms. The quantitative estimate of drug-likeness (QED) is 0.0602. The molecule has 202 valence electrons. The van der Waals surface area contributed by atoms with Crippen molar-refractivity contribution in [2.75, 3.05) is 18.6 Å². The summed E-state index contributed by atoms with van der Waals surface area (Å²) in [5.74, 6) is -3.21. The maximum atomic E-state index is 13.0. The number of rotatable bonds is 17. The van der Waals surface area contributed by atoms with Crippen molar-refractivity contribution in [2.24, 2.45) is 28.1 Å². The smallest absolute Gasteiger partial charge is 0.326 e. The van der Waals surface area contributed by atoms with Crippen LogP contribution in [0.4, 0.5) is 0 Å². The second-order valence-electron chi connectivity index (χ2n) is 8.33. The van der Waals surface area contributed by atoms with Crippen LogP contribution in [-0.2, 0) is 19.2 Å². The molecule has 11 N–H and O–H groups in total. The lowest BCUT2D eigenvalue weighted by atomic mass is 9.98. The Morgan fingerprint density at radius 1 is 0.971 bits per heavy atom. The van der Waals surface area contributed by atoms with E-state index in [0.717, 1.165) is 0 Å². The largest absolute Gasteiger partial charge is 0.480 e. The van der Waals surface area contributed by atoms with Gasteiger partial charge in [0.1, 0.15) is 18.1 Å². The molecular weight excluding hydrogens is 478 g/mol. The molecule has 0 heterocycles. The highest BCUT2D eigenvalue weighted by atomic mass is 32.2. The Balaban J connectivity index is 5.53. The topological polar surface area (TPSA) is 235 Å². The molecule has 0 aliphatic heterocycles. The first-order valence-electron chi connectivity index (χ1n) is 11.5. The molecule has 0 radical (unpaired) electrons. The average Bonchev–Trinajstić information content (AvgIpc) is 2.79. The molecular formula is C21H41N7O6S. The van der Waals surface area contributed by atoms with Gasteiger partial charge in [-0.15, -0.1) is 0 Å². The zero-order valence-corrected chi connectivity index (χ0v) is 21.6. The Bertz CT molecular complexity index is 733. The molecule has 35 heavy (non-hydrogen) atoms. The number of aliphatic hydroxyl groups is 1. The summed E-state index contributed by atoms with van der Waals surface area (Å²) < 4.78 is 0. The van der Waals surface area contributed by atoms with Crippen molar-refractivity contribution >= 4 is 41.4 Å². The molecule has 13 nitrogen and oxygen atoms in total. The highest BCUT2D eigenvalue weighted by molar-refractivity contribution is 7.98. The maximum absolute atomic E-state index is 13.0. The van der Waals surface area contributed by atoms with Crippen molar-refractivity contribution in [3.05, 3.63) is 0 Å². The third kappa shape index (κ3) is 12.6. The number of hydrogen-bond acceptors (Lipinski definition) is 8. The van der Waals surface area contributed by atoms with Crippen LogP contribution in [0.1, 0.15) is 46.5 Å². The molecule has 6 unspecified atom stereocenters. The number of carbonyl (C=O) groups excluding carboxylic acids is 3. The van der Waals surface area contributed by atoms with Gasteiger partial charge in [-0.2, -0.15) is 11.8 Å². The minimum atomic E-state index is -1.45. The molecule has 0 aliphatic rings. The summed E-state index contributed by atoms with van der Waals surface area (Å²) in [5.41, 5.74) is 16.5. The number of guanidine groups is 1. The monoisotopic (exact) mass is 519 g/mol. The minimum Gasteiger partial charge on any atom is -0.480 e. The Kier molecular flexibility index (Phi) is 15.7. The summed E-state index contributed by atoms with van der Waals surface area (Å²) in [6.45, 7) is 4.93. The van der Waals surface area contributed by atoms with E-state index in [1.165, 1.54) is 18.7 Å². The van der Waals surface area contributed by atoms with Crippen molar-refractivity contribution in [1.82, 2.24) is 16.0 Å². The number of nitrogens with zero attached hydrogens (tertiary/aromatic N) is 1. The van der Waals surface area contributed by atoms with Crippen LogP contribution < -0.4 is 33.2 Å². The summed E-state index contributed by atoms with van der Waals surface area (Å²) >= 11 is 1.53. The summed E-state index contributed by atoms with van der Waals surface area (Å²) in [7, 11) is 0. The number of aliphatic imine (C=N–C) groups is 1. The molecule has 0 aromatic heterocycles. The van der Waals surface area contributed by atoms with Crippen LogP contribution in [0.2, 0.25) is 0 Å². The van der Waals surface area contributed by atoms with Crippen molar-refractivity contribution < 1.29 is 29.4 Å². The van der Waals surface area contributed by atoms with Crippen LogP contribution in [0.25, 0.3) is 0 Å². The maximum Gasteiger partial charge on any atom is 0.326 e. The first kappa shape index (κ1) is 32.4. The first-order valence-corrected chi connectivity index (χ1v) is 12.9. The van der Waals surface area contributed by atoms with Crippen LogP contribution in [-0.4, -0.2) is 88.7 Å². The molecule has 0 aliphatic carbocycles. The summed E-state index contributed by atoms with van der Waals surface area (Å²) in [4.78, 5) is 53.7. The Morgan fingerprint density at radius 3 is 2.06 bits per heavy atom. The van der Waals surface area contributed by atoms with Crippen molar-refractivity contribution in [3.8, 4) is 0 Å². The zero-order chi connectivity index (χ0) is 27.1. The second-order valence-corrected chi connectivity index (χ2v) is 9.32. The lowest BCUT2D eigenvalue weighted by Gasteiger charge is -2.27. The normalized spacial score (nSPS) is 16.1. The van der Waals surface area contributed by atoms with Crippen LogP contribution in [0.5, 0.6) is 0 Å². The highest BCUT2D eigenvalue weighted by Crippen LogP contribution is 2.09. The van der Waals surface area contributed by atoms with Crippen molar-refractivity contribution in [2.45, 2.75) is 76.7 Å². The van der Waals surface area contributed by atoms with Crippen LogP contribution in [0.15, 0.2) is 4.99 Å². The number of hydrogen-bond donors (Lipinski definition) is 8. The van der Waals surface area contributed by atoms with E-state index in [-0.39, 0.29) is 24.8 Å². The summed E-state index contributed by atoms with van der Waals surface area (Å²) in [5, 5.41) is 26.9. The predicted octanol–water partition coefficient (Wildman–Crippen LogP) is -1.91.